The second kappa shape index (κ2) is 6.63. The van der Waals surface area contributed by atoms with E-state index in [1.54, 1.807) is 24.3 Å². The third kappa shape index (κ3) is 3.12. The lowest BCUT2D eigenvalue weighted by Crippen LogP contribution is -2.33. The van der Waals surface area contributed by atoms with E-state index >= 15 is 0 Å². The van der Waals surface area contributed by atoms with Crippen molar-refractivity contribution in [2.24, 2.45) is 0 Å². The number of amides is 2. The van der Waals surface area contributed by atoms with Crippen molar-refractivity contribution in [1.82, 2.24) is 9.88 Å². The van der Waals surface area contributed by atoms with Crippen LogP contribution in [-0.2, 0) is 19.3 Å². The Bertz CT molecular complexity index is 760. The van der Waals surface area contributed by atoms with Gasteiger partial charge in [0.2, 0.25) is 0 Å². The molecular weight excluding hydrogens is 318 g/mol. The Morgan fingerprint density at radius 1 is 1.24 bits per heavy atom. The van der Waals surface area contributed by atoms with Gasteiger partial charge in [-0.05, 0) is 30.2 Å². The number of anilines is 1. The first-order valence-corrected chi connectivity index (χ1v) is 8.58. The first kappa shape index (κ1) is 15.7. The van der Waals surface area contributed by atoms with E-state index in [1.165, 1.54) is 0 Å². The summed E-state index contributed by atoms with van der Waals surface area (Å²) >= 11 is 0. The van der Waals surface area contributed by atoms with Crippen LogP contribution in [0.5, 0.6) is 11.5 Å². The average molecular weight is 339 g/mol. The maximum atomic E-state index is 12.6. The summed E-state index contributed by atoms with van der Waals surface area (Å²) in [6, 6.07) is 5.85. The van der Waals surface area contributed by atoms with E-state index in [-0.39, 0.29) is 6.03 Å². The van der Waals surface area contributed by atoms with E-state index in [0.717, 1.165) is 53.1 Å². The van der Waals surface area contributed by atoms with Crippen LogP contribution in [-0.4, -0.2) is 42.7 Å². The molecule has 2 aliphatic heterocycles. The molecule has 0 spiro atoms. The summed E-state index contributed by atoms with van der Waals surface area (Å²) in [4.78, 5) is 18.3. The van der Waals surface area contributed by atoms with Crippen molar-refractivity contribution in [1.29, 1.82) is 0 Å². The number of urea groups is 1. The normalized spacial score (nSPS) is 14.3. The Morgan fingerprint density at radius 2 is 2.04 bits per heavy atom. The molecule has 0 fully saturated rings. The van der Waals surface area contributed by atoms with Crippen LogP contribution < -0.4 is 14.8 Å². The fourth-order valence-corrected chi connectivity index (χ4v) is 3.27. The summed E-state index contributed by atoms with van der Waals surface area (Å²) in [5.74, 6) is 1.68. The highest BCUT2D eigenvalue weighted by Crippen LogP contribution is 2.44. The number of ether oxygens (including phenoxy) is 2. The van der Waals surface area contributed by atoms with Gasteiger partial charge in [0.15, 0.2) is 0 Å². The molecule has 1 aromatic heterocycles. The molecule has 3 heterocycles. The number of benzene rings is 1. The average Bonchev–Trinajstić information content (AvgIpc) is 3.29. The van der Waals surface area contributed by atoms with Gasteiger partial charge in [0.1, 0.15) is 11.5 Å². The monoisotopic (exact) mass is 339 g/mol. The molecule has 0 aliphatic carbocycles. The van der Waals surface area contributed by atoms with Crippen molar-refractivity contribution >= 4 is 11.7 Å². The number of carbonyl (C=O) groups excluding carboxylic acids is 1. The van der Waals surface area contributed by atoms with Crippen LogP contribution >= 0.6 is 0 Å². The van der Waals surface area contributed by atoms with Gasteiger partial charge in [0.25, 0.3) is 0 Å². The Hall–Kier alpha value is -2.76. The SMILES string of the molecule is CN(CCc1ccncc1)C(=O)Nc1c2c(cc3c1OCC3)OCC2. The highest BCUT2D eigenvalue weighted by molar-refractivity contribution is 5.93. The molecule has 6 nitrogen and oxygen atoms in total. The van der Waals surface area contributed by atoms with Crippen LogP contribution in [0.25, 0.3) is 0 Å². The first-order chi connectivity index (χ1) is 12.2. The summed E-state index contributed by atoms with van der Waals surface area (Å²) in [6.07, 6.45) is 5.97. The first-order valence-electron chi connectivity index (χ1n) is 8.58. The van der Waals surface area contributed by atoms with E-state index < -0.39 is 0 Å². The maximum absolute atomic E-state index is 12.6. The molecule has 0 radical (unpaired) electrons. The van der Waals surface area contributed by atoms with Crippen LogP contribution in [0, 0.1) is 0 Å². The lowest BCUT2D eigenvalue weighted by molar-refractivity contribution is 0.223. The van der Waals surface area contributed by atoms with Gasteiger partial charge in [0.05, 0.1) is 18.9 Å². The fourth-order valence-electron chi connectivity index (χ4n) is 3.27. The predicted octanol–water partition coefficient (Wildman–Crippen LogP) is 2.66. The van der Waals surface area contributed by atoms with Gasteiger partial charge in [-0.25, -0.2) is 4.79 Å². The van der Waals surface area contributed by atoms with Crippen molar-refractivity contribution in [2.75, 3.05) is 32.1 Å². The van der Waals surface area contributed by atoms with Crippen LogP contribution in [0.2, 0.25) is 0 Å². The summed E-state index contributed by atoms with van der Waals surface area (Å²) in [5, 5.41) is 3.05. The molecule has 2 aromatic rings. The van der Waals surface area contributed by atoms with Crippen molar-refractivity contribution in [3.63, 3.8) is 0 Å². The van der Waals surface area contributed by atoms with Gasteiger partial charge < -0.3 is 19.7 Å². The Morgan fingerprint density at radius 3 is 2.88 bits per heavy atom. The lowest BCUT2D eigenvalue weighted by Gasteiger charge is -2.20. The summed E-state index contributed by atoms with van der Waals surface area (Å²) in [6.45, 7) is 1.93. The third-order valence-corrected chi connectivity index (χ3v) is 4.71. The smallest absolute Gasteiger partial charge is 0.321 e. The van der Waals surface area contributed by atoms with Crippen molar-refractivity contribution in [3.05, 3.63) is 47.3 Å². The van der Waals surface area contributed by atoms with E-state index in [9.17, 15) is 4.79 Å². The van der Waals surface area contributed by atoms with Crippen molar-refractivity contribution in [2.45, 2.75) is 19.3 Å². The minimum absolute atomic E-state index is 0.132. The van der Waals surface area contributed by atoms with E-state index in [1.807, 2.05) is 18.2 Å². The molecule has 130 valence electrons. The lowest BCUT2D eigenvalue weighted by atomic mass is 10.0. The molecule has 0 bridgehead atoms. The minimum atomic E-state index is -0.132. The number of likely N-dealkylation sites (N-methyl/N-ethyl adjacent to an activating group) is 1. The Balaban J connectivity index is 1.48. The zero-order valence-corrected chi connectivity index (χ0v) is 14.2. The van der Waals surface area contributed by atoms with Crippen LogP contribution in [0.1, 0.15) is 16.7 Å². The highest BCUT2D eigenvalue weighted by atomic mass is 16.5. The number of hydrogen-bond acceptors (Lipinski definition) is 4. The van der Waals surface area contributed by atoms with Crippen molar-refractivity contribution < 1.29 is 14.3 Å². The summed E-state index contributed by atoms with van der Waals surface area (Å²) in [5.41, 5.74) is 4.09. The molecule has 4 rings (SSSR count). The van der Waals surface area contributed by atoms with Gasteiger partial charge in [-0.2, -0.15) is 0 Å². The number of nitrogens with zero attached hydrogens (tertiary/aromatic N) is 2. The molecule has 2 aliphatic rings. The van der Waals surface area contributed by atoms with Crippen LogP contribution in [0.3, 0.4) is 0 Å². The highest BCUT2D eigenvalue weighted by Gasteiger charge is 2.28. The molecule has 0 unspecified atom stereocenters. The molecule has 1 aromatic carbocycles. The predicted molar refractivity (Wildman–Crippen MR) is 94.4 cm³/mol. The summed E-state index contributed by atoms with van der Waals surface area (Å²) < 4.78 is 11.5. The molecule has 0 saturated carbocycles. The third-order valence-electron chi connectivity index (χ3n) is 4.71. The minimum Gasteiger partial charge on any atom is -0.493 e. The zero-order chi connectivity index (χ0) is 17.2. The van der Waals surface area contributed by atoms with E-state index in [2.05, 4.69) is 10.3 Å². The number of carbonyl (C=O) groups is 1. The van der Waals surface area contributed by atoms with E-state index in [4.69, 9.17) is 9.47 Å². The van der Waals surface area contributed by atoms with Crippen LogP contribution in [0.4, 0.5) is 10.5 Å². The molecule has 6 heteroatoms. The standard InChI is InChI=1S/C19H21N3O3/c1-22(9-4-13-2-7-20-8-3-13)19(23)21-17-15-6-11-24-16(15)12-14-5-10-25-18(14)17/h2-3,7-8,12H,4-6,9-11H2,1H3,(H,21,23). The van der Waals surface area contributed by atoms with Gasteiger partial charge in [-0.15, -0.1) is 0 Å². The molecule has 2 amide bonds. The van der Waals surface area contributed by atoms with E-state index in [0.29, 0.717) is 19.8 Å². The van der Waals surface area contributed by atoms with Gasteiger partial charge in [0, 0.05) is 50.0 Å². The quantitative estimate of drug-likeness (QED) is 0.930. The number of hydrogen-bond donors (Lipinski definition) is 1. The molecule has 0 saturated heterocycles. The Kier molecular flexibility index (Phi) is 4.17. The topological polar surface area (TPSA) is 63.7 Å². The molecule has 25 heavy (non-hydrogen) atoms. The molecular formula is C19H21N3O3. The second-order valence-electron chi connectivity index (χ2n) is 6.37. The zero-order valence-electron chi connectivity index (χ0n) is 14.2. The van der Waals surface area contributed by atoms with Crippen molar-refractivity contribution in [3.8, 4) is 11.5 Å². The number of fused-ring (bicyclic) bond motifs is 2. The summed E-state index contributed by atoms with van der Waals surface area (Å²) in [7, 11) is 1.80. The largest absolute Gasteiger partial charge is 0.493 e. The second-order valence-corrected chi connectivity index (χ2v) is 6.37. The number of pyridine rings is 1. The van der Waals surface area contributed by atoms with Crippen LogP contribution in [0.15, 0.2) is 30.6 Å². The van der Waals surface area contributed by atoms with Gasteiger partial charge in [-0.3, -0.25) is 4.98 Å². The number of rotatable bonds is 4. The van der Waals surface area contributed by atoms with Gasteiger partial charge >= 0.3 is 6.03 Å². The Labute approximate surface area is 146 Å². The molecule has 1 N–H and O–H groups in total. The molecule has 0 atom stereocenters. The number of aromatic nitrogens is 1. The van der Waals surface area contributed by atoms with Gasteiger partial charge in [-0.1, -0.05) is 0 Å². The maximum Gasteiger partial charge on any atom is 0.321 e. The fraction of sp³-hybridized carbons (Fsp3) is 0.368. The number of nitrogens with one attached hydrogen (secondary N) is 1.